The van der Waals surface area contributed by atoms with Crippen molar-refractivity contribution in [2.75, 3.05) is 12.3 Å². The number of nitrogens with one attached hydrogen (secondary N) is 1. The van der Waals surface area contributed by atoms with E-state index in [1.54, 1.807) is 6.07 Å². The molecular weight excluding hydrogens is 257 g/mol. The van der Waals surface area contributed by atoms with E-state index in [9.17, 15) is 13.6 Å². The Morgan fingerprint density at radius 1 is 1.33 bits per heavy atom. The molecule has 0 spiro atoms. The molecule has 1 aromatic heterocycles. The second kappa shape index (κ2) is 3.75. The number of fused-ring (bicyclic) bond motifs is 1. The van der Waals surface area contributed by atoms with Crippen LogP contribution in [-0.2, 0) is 5.66 Å². The molecule has 2 aromatic rings. The summed E-state index contributed by atoms with van der Waals surface area (Å²) in [7, 11) is -1.17. The molecule has 94 valence electrons. The number of nitrogens with two attached hydrogens (primary N) is 1. The van der Waals surface area contributed by atoms with Gasteiger partial charge in [0, 0.05) is 16.5 Å². The van der Waals surface area contributed by atoms with Crippen LogP contribution in [0.15, 0.2) is 24.3 Å². The summed E-state index contributed by atoms with van der Waals surface area (Å²) >= 11 is 0. The van der Waals surface area contributed by atoms with E-state index < -0.39 is 19.5 Å². The summed E-state index contributed by atoms with van der Waals surface area (Å²) in [6.07, 6.45) is 1.28. The number of hydrogen-bond donors (Lipinski definition) is 2. The highest BCUT2D eigenvalue weighted by atomic mass is 31.1. The topological polar surface area (TPSA) is 58.9 Å². The van der Waals surface area contributed by atoms with E-state index in [-0.39, 0.29) is 11.3 Å². The molecule has 3 nitrogen and oxygen atoms in total. The predicted molar refractivity (Wildman–Crippen MR) is 67.4 cm³/mol. The molecule has 1 aromatic carbocycles. The number of alkyl halides is 2. The standard InChI is InChI=1S/C12H11F2N2OP/c13-12(14,18-3-4-18)8-1-2-9-7(5-8)6-10(16-9)11(15)17/h1-2,5-6,16H,3-4H2,(H2,15,17). The third-order valence-corrected chi connectivity index (χ3v) is 5.02. The molecule has 6 heteroatoms. The van der Waals surface area contributed by atoms with Crippen molar-refractivity contribution >= 4 is 24.7 Å². The van der Waals surface area contributed by atoms with E-state index in [2.05, 4.69) is 4.98 Å². The summed E-state index contributed by atoms with van der Waals surface area (Å²) in [5.41, 5.74) is 3.35. The van der Waals surface area contributed by atoms with Gasteiger partial charge in [-0.3, -0.25) is 4.79 Å². The molecule has 0 atom stereocenters. The maximum Gasteiger partial charge on any atom is 0.289 e. The number of aromatic amines is 1. The molecule has 0 unspecified atom stereocenters. The number of amides is 1. The number of carbonyl (C=O) groups excluding carboxylic acids is 1. The first-order chi connectivity index (χ1) is 8.48. The van der Waals surface area contributed by atoms with Gasteiger partial charge in [0.25, 0.3) is 11.6 Å². The largest absolute Gasteiger partial charge is 0.364 e. The van der Waals surface area contributed by atoms with Crippen molar-refractivity contribution in [3.63, 3.8) is 0 Å². The smallest absolute Gasteiger partial charge is 0.289 e. The molecule has 18 heavy (non-hydrogen) atoms. The lowest BCUT2D eigenvalue weighted by Crippen LogP contribution is -2.10. The average molecular weight is 268 g/mol. The number of rotatable bonds is 3. The fourth-order valence-corrected chi connectivity index (χ4v) is 3.43. The van der Waals surface area contributed by atoms with Crippen molar-refractivity contribution < 1.29 is 13.6 Å². The van der Waals surface area contributed by atoms with Gasteiger partial charge in [-0.05, 0) is 38.4 Å². The Bertz CT molecular complexity index is 634. The van der Waals surface area contributed by atoms with Crippen LogP contribution in [0.2, 0.25) is 0 Å². The monoisotopic (exact) mass is 268 g/mol. The highest BCUT2D eigenvalue weighted by molar-refractivity contribution is 7.65. The van der Waals surface area contributed by atoms with E-state index in [1.165, 1.54) is 18.2 Å². The number of hydrogen-bond acceptors (Lipinski definition) is 1. The number of carbonyl (C=O) groups is 1. The van der Waals surface area contributed by atoms with Crippen molar-refractivity contribution in [3.05, 3.63) is 35.5 Å². The summed E-state index contributed by atoms with van der Waals surface area (Å²) in [5.74, 6) is -0.592. The number of primary amides is 1. The van der Waals surface area contributed by atoms with Gasteiger partial charge >= 0.3 is 0 Å². The van der Waals surface area contributed by atoms with Gasteiger partial charge in [0.15, 0.2) is 0 Å². The van der Waals surface area contributed by atoms with E-state index in [0.717, 1.165) is 0 Å². The highest BCUT2D eigenvalue weighted by Gasteiger charge is 2.47. The minimum atomic E-state index is -2.71. The van der Waals surface area contributed by atoms with Gasteiger partial charge in [0.1, 0.15) is 5.69 Å². The number of H-pyrrole nitrogens is 1. The SMILES string of the molecule is NC(=O)c1cc2cc(C(F)(F)P3CC3)ccc2[nH]1. The van der Waals surface area contributed by atoms with Crippen molar-refractivity contribution in [1.29, 1.82) is 0 Å². The van der Waals surface area contributed by atoms with Gasteiger partial charge in [-0.25, -0.2) is 0 Å². The minimum absolute atomic E-state index is 0.0358. The van der Waals surface area contributed by atoms with Crippen molar-refractivity contribution in [3.8, 4) is 0 Å². The van der Waals surface area contributed by atoms with E-state index >= 15 is 0 Å². The van der Waals surface area contributed by atoms with E-state index in [4.69, 9.17) is 5.73 Å². The molecule has 1 aliphatic heterocycles. The maximum atomic E-state index is 14.0. The van der Waals surface area contributed by atoms with Crippen LogP contribution in [0, 0.1) is 0 Å². The lowest BCUT2D eigenvalue weighted by molar-refractivity contribution is 0.0991. The molecule has 0 saturated carbocycles. The summed E-state index contributed by atoms with van der Waals surface area (Å²) in [4.78, 5) is 13.8. The van der Waals surface area contributed by atoms with Crippen LogP contribution >= 0.6 is 7.92 Å². The Kier molecular flexibility index (Phi) is 2.42. The summed E-state index contributed by atoms with van der Waals surface area (Å²) in [6, 6.07) is 5.95. The Hall–Kier alpha value is -1.48. The minimum Gasteiger partial charge on any atom is -0.364 e. The number of aromatic nitrogens is 1. The Balaban J connectivity index is 2.07. The molecule has 2 heterocycles. The van der Waals surface area contributed by atoms with Crippen LogP contribution in [0.4, 0.5) is 8.78 Å². The van der Waals surface area contributed by atoms with Crippen LogP contribution in [0.3, 0.4) is 0 Å². The molecule has 1 saturated heterocycles. The molecule has 3 rings (SSSR count). The second-order valence-electron chi connectivity index (χ2n) is 4.38. The van der Waals surface area contributed by atoms with E-state index in [0.29, 0.717) is 23.2 Å². The summed E-state index contributed by atoms with van der Waals surface area (Å²) in [5, 5.41) is 0.595. The Morgan fingerprint density at radius 2 is 2.06 bits per heavy atom. The van der Waals surface area contributed by atoms with Gasteiger partial charge in [0.05, 0.1) is 0 Å². The fourth-order valence-electron chi connectivity index (χ4n) is 1.97. The molecule has 0 radical (unpaired) electrons. The summed E-state index contributed by atoms with van der Waals surface area (Å²) in [6.45, 7) is 0. The lowest BCUT2D eigenvalue weighted by atomic mass is 10.1. The van der Waals surface area contributed by atoms with Crippen LogP contribution in [0.5, 0.6) is 0 Å². The lowest BCUT2D eigenvalue weighted by Gasteiger charge is -2.15. The van der Waals surface area contributed by atoms with Crippen molar-refractivity contribution in [2.24, 2.45) is 5.73 Å². The Morgan fingerprint density at radius 3 is 2.67 bits per heavy atom. The van der Waals surface area contributed by atoms with Crippen molar-refractivity contribution in [1.82, 2.24) is 4.98 Å². The number of benzene rings is 1. The highest BCUT2D eigenvalue weighted by Crippen LogP contribution is 2.67. The zero-order valence-electron chi connectivity index (χ0n) is 9.41. The first-order valence-electron chi connectivity index (χ1n) is 5.54. The molecule has 1 amide bonds. The number of halogens is 2. The Labute approximate surface area is 103 Å². The normalized spacial score (nSPS) is 16.1. The van der Waals surface area contributed by atoms with Crippen LogP contribution < -0.4 is 5.73 Å². The molecule has 1 fully saturated rings. The van der Waals surface area contributed by atoms with Crippen LogP contribution in [0.1, 0.15) is 16.1 Å². The van der Waals surface area contributed by atoms with Gasteiger partial charge < -0.3 is 10.7 Å². The zero-order valence-corrected chi connectivity index (χ0v) is 10.3. The molecule has 3 N–H and O–H groups in total. The first-order valence-corrected chi connectivity index (χ1v) is 7.25. The molecule has 0 aliphatic carbocycles. The van der Waals surface area contributed by atoms with Crippen molar-refractivity contribution in [2.45, 2.75) is 5.66 Å². The fraction of sp³-hybridized carbons (Fsp3) is 0.250. The average Bonchev–Trinajstić information content (AvgIpc) is 3.08. The summed E-state index contributed by atoms with van der Waals surface area (Å²) < 4.78 is 27.9. The van der Waals surface area contributed by atoms with Gasteiger partial charge in [-0.1, -0.05) is 6.07 Å². The van der Waals surface area contributed by atoms with Gasteiger partial charge in [-0.2, -0.15) is 8.78 Å². The predicted octanol–water partition coefficient (Wildman–Crippen LogP) is 2.81. The second-order valence-corrected chi connectivity index (χ2v) is 6.91. The van der Waals surface area contributed by atoms with E-state index in [1.807, 2.05) is 0 Å². The first kappa shape index (κ1) is 11.6. The van der Waals surface area contributed by atoms with Crippen LogP contribution in [-0.4, -0.2) is 23.2 Å². The molecule has 1 aliphatic rings. The maximum absolute atomic E-state index is 14.0. The molecule has 0 bridgehead atoms. The third-order valence-electron chi connectivity index (χ3n) is 3.08. The van der Waals surface area contributed by atoms with Crippen LogP contribution in [0.25, 0.3) is 10.9 Å². The quantitative estimate of drug-likeness (QED) is 0.826. The zero-order chi connectivity index (χ0) is 12.9. The molecular formula is C12H11F2N2OP. The third kappa shape index (κ3) is 1.79. The van der Waals surface area contributed by atoms with Gasteiger partial charge in [-0.15, -0.1) is 0 Å². The van der Waals surface area contributed by atoms with Gasteiger partial charge in [0.2, 0.25) is 0 Å².